The predicted molar refractivity (Wildman–Crippen MR) is 99.8 cm³/mol. The Bertz CT molecular complexity index is 739. The first-order valence-electron chi connectivity index (χ1n) is 7.89. The second kappa shape index (κ2) is 8.43. The Morgan fingerprint density at radius 3 is 2.04 bits per heavy atom. The maximum Gasteiger partial charge on any atom is 0.262 e. The molecule has 25 heavy (non-hydrogen) atoms. The Kier molecular flexibility index (Phi) is 6.30. The van der Waals surface area contributed by atoms with Crippen LogP contribution >= 0.6 is 11.3 Å². The van der Waals surface area contributed by atoms with E-state index in [1.807, 2.05) is 19.2 Å². The zero-order chi connectivity index (χ0) is 18.4. The van der Waals surface area contributed by atoms with Gasteiger partial charge in [0, 0.05) is 18.3 Å². The summed E-state index contributed by atoms with van der Waals surface area (Å²) in [6.07, 6.45) is 0. The first-order chi connectivity index (χ1) is 11.9. The monoisotopic (exact) mass is 359 g/mol. The van der Waals surface area contributed by atoms with Gasteiger partial charge in [-0.1, -0.05) is 19.9 Å². The van der Waals surface area contributed by atoms with Crippen LogP contribution < -0.4 is 16.0 Å². The Labute approximate surface area is 150 Å². The molecule has 0 saturated carbocycles. The van der Waals surface area contributed by atoms with Crippen molar-refractivity contribution in [2.75, 3.05) is 10.6 Å². The lowest BCUT2D eigenvalue weighted by atomic mass is 10.0. The van der Waals surface area contributed by atoms with Gasteiger partial charge < -0.3 is 16.0 Å². The lowest BCUT2D eigenvalue weighted by molar-refractivity contribution is -0.119. The average Bonchev–Trinajstić information content (AvgIpc) is 3.08. The number of benzene rings is 1. The summed E-state index contributed by atoms with van der Waals surface area (Å²) in [6.45, 7) is 5.18. The van der Waals surface area contributed by atoms with Crippen LogP contribution in [0.1, 0.15) is 30.4 Å². The largest absolute Gasteiger partial charge is 0.339 e. The molecule has 2 aromatic rings. The molecule has 0 radical (unpaired) electrons. The second-order valence-corrected chi connectivity index (χ2v) is 6.87. The number of thiophene rings is 1. The smallest absolute Gasteiger partial charge is 0.262 e. The number of carbonyl (C=O) groups excluding carboxylic acids is 3. The number of nitrogens with one attached hydrogen (secondary N) is 3. The minimum absolute atomic E-state index is 0.0671. The van der Waals surface area contributed by atoms with E-state index in [0.29, 0.717) is 16.3 Å². The number of hydrogen-bond donors (Lipinski definition) is 3. The van der Waals surface area contributed by atoms with Crippen LogP contribution in [-0.2, 0) is 9.59 Å². The molecule has 0 spiro atoms. The fourth-order valence-corrected chi connectivity index (χ4v) is 2.84. The Hall–Kier alpha value is -2.67. The van der Waals surface area contributed by atoms with Crippen LogP contribution in [-0.4, -0.2) is 23.8 Å². The van der Waals surface area contributed by atoms with Crippen molar-refractivity contribution >= 4 is 40.4 Å². The molecule has 132 valence electrons. The number of hydrogen-bond acceptors (Lipinski definition) is 4. The van der Waals surface area contributed by atoms with Crippen LogP contribution in [0.25, 0.3) is 0 Å². The maximum absolute atomic E-state index is 12.5. The van der Waals surface area contributed by atoms with E-state index in [-0.39, 0.29) is 23.6 Å². The number of amides is 3. The number of anilines is 2. The van der Waals surface area contributed by atoms with Crippen molar-refractivity contribution in [3.8, 4) is 0 Å². The van der Waals surface area contributed by atoms with Crippen LogP contribution in [0.5, 0.6) is 0 Å². The van der Waals surface area contributed by atoms with Gasteiger partial charge in [0.25, 0.3) is 5.91 Å². The van der Waals surface area contributed by atoms with Crippen molar-refractivity contribution in [3.63, 3.8) is 0 Å². The topological polar surface area (TPSA) is 87.3 Å². The van der Waals surface area contributed by atoms with Crippen LogP contribution in [0.3, 0.4) is 0 Å². The molecule has 7 heteroatoms. The third-order valence-electron chi connectivity index (χ3n) is 3.45. The normalized spacial score (nSPS) is 11.7. The molecule has 1 heterocycles. The molecule has 0 fully saturated rings. The summed E-state index contributed by atoms with van der Waals surface area (Å²) in [5, 5.41) is 10.0. The average molecular weight is 359 g/mol. The standard InChI is InChI=1S/C18H21N3O3S/c1-11(2)16(21-17(23)15-5-4-10-25-15)18(24)20-14-8-6-13(7-9-14)19-12(3)22/h4-11,16H,1-3H3,(H,19,22)(H,20,24)(H,21,23). The van der Waals surface area contributed by atoms with Gasteiger partial charge in [-0.05, 0) is 41.6 Å². The summed E-state index contributed by atoms with van der Waals surface area (Å²) in [7, 11) is 0. The summed E-state index contributed by atoms with van der Waals surface area (Å²) < 4.78 is 0. The fourth-order valence-electron chi connectivity index (χ4n) is 2.22. The van der Waals surface area contributed by atoms with Gasteiger partial charge in [0.1, 0.15) is 6.04 Å². The third-order valence-corrected chi connectivity index (χ3v) is 4.32. The summed E-state index contributed by atoms with van der Waals surface area (Å²) in [6, 6.07) is 9.65. The van der Waals surface area contributed by atoms with E-state index in [9.17, 15) is 14.4 Å². The molecule has 1 atom stereocenters. The summed E-state index contributed by atoms with van der Waals surface area (Å²) >= 11 is 1.33. The highest BCUT2D eigenvalue weighted by atomic mass is 32.1. The second-order valence-electron chi connectivity index (χ2n) is 5.92. The van der Waals surface area contributed by atoms with E-state index in [0.717, 1.165) is 0 Å². The summed E-state index contributed by atoms with van der Waals surface area (Å²) in [5.41, 5.74) is 1.24. The van der Waals surface area contributed by atoms with Crippen LogP contribution in [0.15, 0.2) is 41.8 Å². The Morgan fingerprint density at radius 2 is 1.56 bits per heavy atom. The van der Waals surface area contributed by atoms with Gasteiger partial charge in [-0.25, -0.2) is 0 Å². The minimum atomic E-state index is -0.648. The zero-order valence-electron chi connectivity index (χ0n) is 14.3. The van der Waals surface area contributed by atoms with Crippen molar-refractivity contribution in [1.29, 1.82) is 0 Å². The molecule has 3 N–H and O–H groups in total. The molecule has 6 nitrogen and oxygen atoms in total. The van der Waals surface area contributed by atoms with Gasteiger partial charge in [-0.3, -0.25) is 14.4 Å². The fraction of sp³-hybridized carbons (Fsp3) is 0.278. The van der Waals surface area contributed by atoms with Crippen molar-refractivity contribution in [2.45, 2.75) is 26.8 Å². The molecule has 3 amide bonds. The van der Waals surface area contributed by atoms with Gasteiger partial charge in [-0.15, -0.1) is 11.3 Å². The van der Waals surface area contributed by atoms with Gasteiger partial charge in [0.05, 0.1) is 4.88 Å². The quantitative estimate of drug-likeness (QED) is 0.741. The van der Waals surface area contributed by atoms with Gasteiger partial charge in [0.15, 0.2) is 0 Å². The SMILES string of the molecule is CC(=O)Nc1ccc(NC(=O)C(NC(=O)c2cccs2)C(C)C)cc1. The van der Waals surface area contributed by atoms with E-state index >= 15 is 0 Å². The third kappa shape index (κ3) is 5.42. The molecule has 0 aliphatic rings. The Morgan fingerprint density at radius 1 is 0.960 bits per heavy atom. The zero-order valence-corrected chi connectivity index (χ0v) is 15.1. The van der Waals surface area contributed by atoms with Gasteiger partial charge in [0.2, 0.25) is 11.8 Å². The van der Waals surface area contributed by atoms with Gasteiger partial charge >= 0.3 is 0 Å². The molecule has 0 aliphatic heterocycles. The molecular weight excluding hydrogens is 338 g/mol. The van der Waals surface area contributed by atoms with Crippen molar-refractivity contribution in [3.05, 3.63) is 46.7 Å². The highest BCUT2D eigenvalue weighted by Crippen LogP contribution is 2.15. The summed E-state index contributed by atoms with van der Waals surface area (Å²) in [4.78, 5) is 36.3. The van der Waals surface area contributed by atoms with E-state index in [1.165, 1.54) is 18.3 Å². The van der Waals surface area contributed by atoms with Crippen molar-refractivity contribution < 1.29 is 14.4 Å². The lowest BCUT2D eigenvalue weighted by Crippen LogP contribution is -2.46. The highest BCUT2D eigenvalue weighted by molar-refractivity contribution is 7.12. The Balaban J connectivity index is 2.02. The molecule has 0 saturated heterocycles. The predicted octanol–water partition coefficient (Wildman–Crippen LogP) is 3.10. The lowest BCUT2D eigenvalue weighted by Gasteiger charge is -2.21. The number of carbonyl (C=O) groups is 3. The molecule has 1 unspecified atom stereocenters. The summed E-state index contributed by atoms with van der Waals surface area (Å²) in [5.74, 6) is -0.771. The van der Waals surface area contributed by atoms with Crippen LogP contribution in [0.2, 0.25) is 0 Å². The van der Waals surface area contributed by atoms with Gasteiger partial charge in [-0.2, -0.15) is 0 Å². The first-order valence-corrected chi connectivity index (χ1v) is 8.77. The molecule has 0 aliphatic carbocycles. The molecular formula is C18H21N3O3S. The first kappa shape index (κ1) is 18.7. The van der Waals surface area contributed by atoms with E-state index in [4.69, 9.17) is 0 Å². The van der Waals surface area contributed by atoms with E-state index in [1.54, 1.807) is 36.4 Å². The highest BCUT2D eigenvalue weighted by Gasteiger charge is 2.25. The van der Waals surface area contributed by atoms with Crippen LogP contribution in [0.4, 0.5) is 11.4 Å². The maximum atomic E-state index is 12.5. The number of rotatable bonds is 6. The van der Waals surface area contributed by atoms with Crippen LogP contribution in [0, 0.1) is 5.92 Å². The van der Waals surface area contributed by atoms with E-state index < -0.39 is 6.04 Å². The molecule has 1 aromatic carbocycles. The van der Waals surface area contributed by atoms with Crippen molar-refractivity contribution in [2.24, 2.45) is 5.92 Å². The van der Waals surface area contributed by atoms with Crippen molar-refractivity contribution in [1.82, 2.24) is 5.32 Å². The molecule has 0 bridgehead atoms. The molecule has 2 rings (SSSR count). The molecule has 1 aromatic heterocycles. The minimum Gasteiger partial charge on any atom is -0.339 e. The van der Waals surface area contributed by atoms with E-state index in [2.05, 4.69) is 16.0 Å².